The van der Waals surface area contributed by atoms with E-state index in [2.05, 4.69) is 22.2 Å². The van der Waals surface area contributed by atoms with Crippen LogP contribution < -0.4 is 14.8 Å². The first-order valence-electron chi connectivity index (χ1n) is 10.9. The Kier molecular flexibility index (Phi) is 6.61. The number of alkyl halides is 3. The lowest BCUT2D eigenvalue weighted by Gasteiger charge is -2.41. The Morgan fingerprint density at radius 3 is 2.56 bits per heavy atom. The summed E-state index contributed by atoms with van der Waals surface area (Å²) in [4.78, 5) is 0. The van der Waals surface area contributed by atoms with Crippen molar-refractivity contribution in [1.29, 1.82) is 0 Å². The molecular weight excluding hydrogens is 443 g/mol. The maximum atomic E-state index is 12.8. The lowest BCUT2D eigenvalue weighted by atomic mass is 9.77. The molecule has 3 atom stereocenters. The summed E-state index contributed by atoms with van der Waals surface area (Å²) in [7, 11) is 0. The molecule has 5 rings (SSSR count). The Morgan fingerprint density at radius 1 is 1.06 bits per heavy atom. The van der Waals surface area contributed by atoms with E-state index in [1.807, 2.05) is 18.2 Å². The molecule has 1 spiro atoms. The van der Waals surface area contributed by atoms with Gasteiger partial charge in [0, 0.05) is 11.5 Å². The molecule has 1 N–H and O–H groups in total. The third kappa shape index (κ3) is 5.00. The van der Waals surface area contributed by atoms with E-state index in [1.165, 1.54) is 17.7 Å². The van der Waals surface area contributed by atoms with Gasteiger partial charge in [-0.3, -0.25) is 0 Å². The fourth-order valence-electron chi connectivity index (χ4n) is 4.92. The molecule has 4 nitrogen and oxygen atoms in total. The van der Waals surface area contributed by atoms with E-state index in [-0.39, 0.29) is 41.8 Å². The van der Waals surface area contributed by atoms with E-state index in [9.17, 15) is 13.2 Å². The second-order valence-electron chi connectivity index (χ2n) is 8.74. The van der Waals surface area contributed by atoms with Crippen LogP contribution in [0.1, 0.15) is 55.2 Å². The third-order valence-electron chi connectivity index (χ3n) is 6.42. The second-order valence-corrected chi connectivity index (χ2v) is 8.74. The van der Waals surface area contributed by atoms with E-state index >= 15 is 0 Å². The molecule has 1 aliphatic carbocycles. The summed E-state index contributed by atoms with van der Waals surface area (Å²) in [6.07, 6.45) is 0.00624. The van der Waals surface area contributed by atoms with Gasteiger partial charge in [-0.2, -0.15) is 0 Å². The molecule has 2 saturated heterocycles. The maximum absolute atomic E-state index is 12.8. The molecule has 0 amide bonds. The Bertz CT molecular complexity index is 922. The normalized spacial score (nSPS) is 27.7. The summed E-state index contributed by atoms with van der Waals surface area (Å²) in [5.41, 5.74) is 1.52. The van der Waals surface area contributed by atoms with Gasteiger partial charge in [0.05, 0.1) is 24.4 Å². The van der Waals surface area contributed by atoms with E-state index < -0.39 is 6.36 Å². The van der Waals surface area contributed by atoms with Crippen LogP contribution in [0.4, 0.5) is 13.2 Å². The van der Waals surface area contributed by atoms with Crippen LogP contribution >= 0.6 is 12.4 Å². The molecule has 8 heteroatoms. The molecule has 2 aromatic rings. The minimum Gasteiger partial charge on any atom is -0.490 e. The van der Waals surface area contributed by atoms with E-state index in [0.717, 1.165) is 44.2 Å². The molecule has 0 unspecified atom stereocenters. The highest BCUT2D eigenvalue weighted by molar-refractivity contribution is 5.85. The number of rotatable bonds is 5. The number of halogens is 4. The first-order chi connectivity index (χ1) is 14.9. The van der Waals surface area contributed by atoms with Crippen LogP contribution in [0.3, 0.4) is 0 Å². The van der Waals surface area contributed by atoms with Crippen LogP contribution in [0.25, 0.3) is 0 Å². The van der Waals surface area contributed by atoms with Crippen molar-refractivity contribution in [2.24, 2.45) is 0 Å². The van der Waals surface area contributed by atoms with Crippen molar-refractivity contribution in [1.82, 2.24) is 5.32 Å². The molecule has 0 bridgehead atoms. The Labute approximate surface area is 191 Å². The average molecular weight is 470 g/mol. The number of hydrogen-bond donors (Lipinski definition) is 1. The summed E-state index contributed by atoms with van der Waals surface area (Å²) in [5.74, 6) is 0.368. The number of benzene rings is 2. The number of nitrogens with one attached hydrogen (secondary N) is 1. The number of ether oxygens (including phenoxy) is 3. The van der Waals surface area contributed by atoms with Crippen LogP contribution in [-0.2, 0) is 4.74 Å². The van der Waals surface area contributed by atoms with Gasteiger partial charge >= 0.3 is 6.36 Å². The molecule has 3 fully saturated rings. The van der Waals surface area contributed by atoms with Crippen molar-refractivity contribution >= 4 is 12.4 Å². The summed E-state index contributed by atoms with van der Waals surface area (Å²) >= 11 is 0. The highest BCUT2D eigenvalue weighted by Gasteiger charge is 2.49. The summed E-state index contributed by atoms with van der Waals surface area (Å²) < 4.78 is 55.1. The predicted molar refractivity (Wildman–Crippen MR) is 116 cm³/mol. The van der Waals surface area contributed by atoms with Gasteiger partial charge in [0.25, 0.3) is 0 Å². The second kappa shape index (κ2) is 9.12. The summed E-state index contributed by atoms with van der Waals surface area (Å²) in [6.45, 7) is 1.36. The Morgan fingerprint density at radius 2 is 1.84 bits per heavy atom. The van der Waals surface area contributed by atoms with Gasteiger partial charge in [-0.1, -0.05) is 30.3 Å². The van der Waals surface area contributed by atoms with E-state index in [0.29, 0.717) is 12.4 Å². The third-order valence-corrected chi connectivity index (χ3v) is 6.42. The molecule has 1 saturated carbocycles. The fraction of sp³-hybridized carbons (Fsp3) is 0.500. The van der Waals surface area contributed by atoms with Gasteiger partial charge < -0.3 is 19.5 Å². The largest absolute Gasteiger partial charge is 0.573 e. The highest BCUT2D eigenvalue weighted by Crippen LogP contribution is 2.50. The molecule has 2 aliphatic heterocycles. The summed E-state index contributed by atoms with van der Waals surface area (Å²) in [6, 6.07) is 14.7. The van der Waals surface area contributed by atoms with Gasteiger partial charge in [0.15, 0.2) is 0 Å². The average Bonchev–Trinajstić information content (AvgIpc) is 3.47. The molecular formula is C24H27ClF3NO3. The molecule has 32 heavy (non-hydrogen) atoms. The molecule has 2 aromatic carbocycles. The van der Waals surface area contributed by atoms with Crippen LogP contribution in [0, 0.1) is 0 Å². The van der Waals surface area contributed by atoms with Gasteiger partial charge in [-0.05, 0) is 62.4 Å². The van der Waals surface area contributed by atoms with E-state index in [4.69, 9.17) is 9.47 Å². The molecule has 0 radical (unpaired) electrons. The topological polar surface area (TPSA) is 39.7 Å². The first kappa shape index (κ1) is 23.2. The molecule has 0 aromatic heterocycles. The SMILES string of the molecule is Cl.FC(F)(F)Oc1ccc(OC2CC2)c([C@H]2CO[C@]3(CCCN[C@H]3c3ccccc3)C2)c1. The van der Waals surface area contributed by atoms with Crippen molar-refractivity contribution in [3.63, 3.8) is 0 Å². The molecule has 2 heterocycles. The minimum atomic E-state index is -4.73. The zero-order valence-electron chi connectivity index (χ0n) is 17.6. The lowest BCUT2D eigenvalue weighted by Crippen LogP contribution is -2.48. The van der Waals surface area contributed by atoms with Crippen LogP contribution in [0.15, 0.2) is 48.5 Å². The zero-order valence-corrected chi connectivity index (χ0v) is 18.4. The van der Waals surface area contributed by atoms with Crippen molar-refractivity contribution in [2.45, 2.75) is 62.1 Å². The van der Waals surface area contributed by atoms with Crippen molar-refractivity contribution in [2.75, 3.05) is 13.2 Å². The van der Waals surface area contributed by atoms with Crippen molar-refractivity contribution in [3.05, 3.63) is 59.7 Å². The van der Waals surface area contributed by atoms with Crippen LogP contribution in [-0.4, -0.2) is 31.2 Å². The minimum absolute atomic E-state index is 0. The van der Waals surface area contributed by atoms with Gasteiger partial charge in [0.2, 0.25) is 0 Å². The standard InChI is InChI=1S/C24H26F3NO3.ClH/c25-24(26,27)31-19-9-10-21(30-18-7-8-18)20(13-19)17-14-23(29-15-17)11-4-12-28-22(23)16-5-2-1-3-6-16;/h1-3,5-6,9-10,13,17-18,22,28H,4,7-8,11-12,14-15H2;1H/t17-,22+,23-;/m1./s1. The Hall–Kier alpha value is -1.96. The van der Waals surface area contributed by atoms with Crippen molar-refractivity contribution in [3.8, 4) is 11.5 Å². The first-order valence-corrected chi connectivity index (χ1v) is 10.9. The monoisotopic (exact) mass is 469 g/mol. The maximum Gasteiger partial charge on any atom is 0.573 e. The van der Waals surface area contributed by atoms with Crippen LogP contribution in [0.2, 0.25) is 0 Å². The van der Waals surface area contributed by atoms with Gasteiger partial charge in [0.1, 0.15) is 11.5 Å². The smallest absolute Gasteiger partial charge is 0.490 e. The van der Waals surface area contributed by atoms with Gasteiger partial charge in [-0.15, -0.1) is 25.6 Å². The fourth-order valence-corrected chi connectivity index (χ4v) is 4.92. The predicted octanol–water partition coefficient (Wildman–Crippen LogP) is 5.92. The highest BCUT2D eigenvalue weighted by atomic mass is 35.5. The zero-order chi connectivity index (χ0) is 21.5. The number of piperidine rings is 1. The lowest BCUT2D eigenvalue weighted by molar-refractivity contribution is -0.274. The van der Waals surface area contributed by atoms with Gasteiger partial charge in [-0.25, -0.2) is 0 Å². The Balaban J connectivity index is 0.00000245. The van der Waals surface area contributed by atoms with Crippen LogP contribution in [0.5, 0.6) is 11.5 Å². The quantitative estimate of drug-likeness (QED) is 0.590. The number of hydrogen-bond acceptors (Lipinski definition) is 4. The summed E-state index contributed by atoms with van der Waals surface area (Å²) in [5, 5.41) is 3.61. The molecule has 3 aliphatic rings. The van der Waals surface area contributed by atoms with E-state index in [1.54, 1.807) is 6.07 Å². The molecule has 174 valence electrons. The van der Waals surface area contributed by atoms with Crippen molar-refractivity contribution < 1.29 is 27.4 Å².